The third-order valence-electron chi connectivity index (χ3n) is 3.44. The van der Waals surface area contributed by atoms with Crippen molar-refractivity contribution in [2.45, 2.75) is 59.2 Å². The van der Waals surface area contributed by atoms with Crippen molar-refractivity contribution in [3.8, 4) is 11.5 Å². The van der Waals surface area contributed by atoms with Gasteiger partial charge in [-0.2, -0.15) is 0 Å². The fourth-order valence-corrected chi connectivity index (χ4v) is 2.50. The van der Waals surface area contributed by atoms with Gasteiger partial charge in [-0.25, -0.2) is 0 Å². The molecule has 25 heavy (non-hydrogen) atoms. The van der Waals surface area contributed by atoms with Crippen LogP contribution in [0.3, 0.4) is 0 Å². The fourth-order valence-electron chi connectivity index (χ4n) is 2.50. The van der Waals surface area contributed by atoms with Gasteiger partial charge in [0, 0.05) is 0 Å². The van der Waals surface area contributed by atoms with E-state index in [4.69, 9.17) is 18.9 Å². The Morgan fingerprint density at radius 1 is 1.16 bits per heavy atom. The van der Waals surface area contributed by atoms with Crippen molar-refractivity contribution in [2.24, 2.45) is 5.92 Å². The van der Waals surface area contributed by atoms with Crippen LogP contribution in [-0.2, 0) is 25.5 Å². The summed E-state index contributed by atoms with van der Waals surface area (Å²) in [6.45, 7) is 9.14. The van der Waals surface area contributed by atoms with Gasteiger partial charge in [0.25, 0.3) is 0 Å². The summed E-state index contributed by atoms with van der Waals surface area (Å²) in [4.78, 5) is 24.6. The van der Waals surface area contributed by atoms with Crippen molar-refractivity contribution in [3.63, 3.8) is 0 Å². The number of carbonyl (C=O) groups excluding carboxylic acids is 2. The summed E-state index contributed by atoms with van der Waals surface area (Å²) in [6, 6.07) is 5.49. The van der Waals surface area contributed by atoms with Gasteiger partial charge in [-0.1, -0.05) is 6.07 Å². The smallest absolute Gasteiger partial charge is 0.310 e. The van der Waals surface area contributed by atoms with Gasteiger partial charge < -0.3 is 18.9 Å². The summed E-state index contributed by atoms with van der Waals surface area (Å²) in [5.74, 6) is -0.113. The second kappa shape index (κ2) is 7.76. The molecule has 1 aliphatic rings. The van der Waals surface area contributed by atoms with Crippen LogP contribution in [0.25, 0.3) is 0 Å². The lowest BCUT2D eigenvalue weighted by atomic mass is 9.95. The Kier molecular flexibility index (Phi) is 5.93. The lowest BCUT2D eigenvalue weighted by molar-refractivity contribution is -0.163. The van der Waals surface area contributed by atoms with Gasteiger partial charge in [-0.15, -0.1) is 0 Å². The van der Waals surface area contributed by atoms with Gasteiger partial charge in [0.15, 0.2) is 11.5 Å². The van der Waals surface area contributed by atoms with Crippen molar-refractivity contribution in [1.82, 2.24) is 0 Å². The Bertz CT molecular complexity index is 629. The number of carbonyl (C=O) groups is 2. The summed E-state index contributed by atoms with van der Waals surface area (Å²) in [5.41, 5.74) is 0.279. The first-order chi connectivity index (χ1) is 11.6. The highest BCUT2D eigenvalue weighted by atomic mass is 16.7. The normalized spacial score (nSPS) is 14.3. The average molecular weight is 350 g/mol. The highest BCUT2D eigenvalue weighted by Gasteiger charge is 2.28. The molecule has 1 aliphatic heterocycles. The van der Waals surface area contributed by atoms with Crippen LogP contribution >= 0.6 is 0 Å². The molecule has 6 heteroatoms. The summed E-state index contributed by atoms with van der Waals surface area (Å²) in [6.07, 6.45) is 0.0870. The molecule has 6 nitrogen and oxygen atoms in total. The molecule has 0 fully saturated rings. The minimum atomic E-state index is -0.613. The molecule has 0 N–H and O–H groups in total. The SMILES string of the molecule is CC(C)OC(=O)[C@H](CC(=O)OC(C)(C)C)Cc1ccc2c(c1)OCO2. The molecule has 1 aromatic carbocycles. The molecule has 0 spiro atoms. The number of benzene rings is 1. The second-order valence-electron chi connectivity index (χ2n) is 7.36. The largest absolute Gasteiger partial charge is 0.463 e. The average Bonchev–Trinajstić information content (AvgIpc) is 2.91. The molecular weight excluding hydrogens is 324 g/mol. The van der Waals surface area contributed by atoms with Gasteiger partial charge in [0.1, 0.15) is 5.60 Å². The molecule has 0 radical (unpaired) electrons. The van der Waals surface area contributed by atoms with Crippen LogP contribution in [0, 0.1) is 5.92 Å². The van der Waals surface area contributed by atoms with Crippen molar-refractivity contribution >= 4 is 11.9 Å². The molecule has 0 saturated heterocycles. The summed E-state index contributed by atoms with van der Waals surface area (Å²) in [7, 11) is 0. The van der Waals surface area contributed by atoms with E-state index in [9.17, 15) is 9.59 Å². The quantitative estimate of drug-likeness (QED) is 0.734. The molecule has 0 amide bonds. The Hall–Kier alpha value is -2.24. The highest BCUT2D eigenvalue weighted by Crippen LogP contribution is 2.33. The number of ether oxygens (including phenoxy) is 4. The first-order valence-corrected chi connectivity index (χ1v) is 8.45. The summed E-state index contributed by atoms with van der Waals surface area (Å²) < 4.78 is 21.3. The molecule has 0 aliphatic carbocycles. The summed E-state index contributed by atoms with van der Waals surface area (Å²) >= 11 is 0. The van der Waals surface area contributed by atoms with E-state index < -0.39 is 23.5 Å². The van der Waals surface area contributed by atoms with E-state index in [1.807, 2.05) is 12.1 Å². The fraction of sp³-hybridized carbons (Fsp3) is 0.579. The molecule has 1 atom stereocenters. The zero-order valence-corrected chi connectivity index (χ0v) is 15.5. The van der Waals surface area contributed by atoms with Crippen LogP contribution in [0.4, 0.5) is 0 Å². The van der Waals surface area contributed by atoms with Crippen molar-refractivity contribution in [3.05, 3.63) is 23.8 Å². The maximum absolute atomic E-state index is 12.4. The van der Waals surface area contributed by atoms with Gasteiger partial charge in [0.05, 0.1) is 18.4 Å². The predicted molar refractivity (Wildman–Crippen MR) is 91.4 cm³/mol. The number of fused-ring (bicyclic) bond motifs is 1. The number of hydrogen-bond acceptors (Lipinski definition) is 6. The molecule has 0 bridgehead atoms. The van der Waals surface area contributed by atoms with E-state index in [-0.39, 0.29) is 19.3 Å². The van der Waals surface area contributed by atoms with Gasteiger partial charge in [0.2, 0.25) is 6.79 Å². The molecule has 138 valence electrons. The van der Waals surface area contributed by atoms with Crippen molar-refractivity contribution in [2.75, 3.05) is 6.79 Å². The van der Waals surface area contributed by atoms with Crippen molar-refractivity contribution < 1.29 is 28.5 Å². The number of esters is 2. The second-order valence-corrected chi connectivity index (χ2v) is 7.36. The van der Waals surface area contributed by atoms with Crippen LogP contribution in [0.5, 0.6) is 11.5 Å². The van der Waals surface area contributed by atoms with Crippen LogP contribution in [0.2, 0.25) is 0 Å². The van der Waals surface area contributed by atoms with Crippen molar-refractivity contribution in [1.29, 1.82) is 0 Å². The minimum Gasteiger partial charge on any atom is -0.463 e. The van der Waals surface area contributed by atoms with Crippen LogP contribution < -0.4 is 9.47 Å². The lowest BCUT2D eigenvalue weighted by Crippen LogP contribution is -2.30. The van der Waals surface area contributed by atoms with Crippen LogP contribution in [-0.4, -0.2) is 30.4 Å². The Morgan fingerprint density at radius 3 is 2.48 bits per heavy atom. The monoisotopic (exact) mass is 350 g/mol. The van der Waals surface area contributed by atoms with E-state index in [0.717, 1.165) is 5.56 Å². The zero-order valence-electron chi connectivity index (χ0n) is 15.5. The highest BCUT2D eigenvalue weighted by molar-refractivity contribution is 5.80. The number of rotatable bonds is 6. The Balaban J connectivity index is 2.10. The first kappa shape index (κ1) is 19.1. The summed E-state index contributed by atoms with van der Waals surface area (Å²) in [5, 5.41) is 0. The van der Waals surface area contributed by atoms with Crippen LogP contribution in [0.15, 0.2) is 18.2 Å². The topological polar surface area (TPSA) is 71.1 Å². The molecule has 1 aromatic rings. The minimum absolute atomic E-state index is 0.0305. The third kappa shape index (κ3) is 5.96. The maximum Gasteiger partial charge on any atom is 0.310 e. The van der Waals surface area contributed by atoms with Gasteiger partial charge in [-0.3, -0.25) is 9.59 Å². The lowest BCUT2D eigenvalue weighted by Gasteiger charge is -2.22. The zero-order chi connectivity index (χ0) is 18.6. The Morgan fingerprint density at radius 2 is 1.84 bits per heavy atom. The number of hydrogen-bond donors (Lipinski definition) is 0. The van der Waals surface area contributed by atoms with E-state index in [1.165, 1.54) is 0 Å². The standard InChI is InChI=1S/C19H26O6/c1-12(2)24-18(21)14(10-17(20)25-19(3,4)5)8-13-6-7-15-16(9-13)23-11-22-15/h6-7,9,12,14H,8,10-11H2,1-5H3/t14-/m0/s1. The van der Waals surface area contributed by atoms with E-state index in [1.54, 1.807) is 40.7 Å². The molecule has 2 rings (SSSR count). The molecule has 1 heterocycles. The van der Waals surface area contributed by atoms with E-state index in [2.05, 4.69) is 0 Å². The van der Waals surface area contributed by atoms with E-state index >= 15 is 0 Å². The third-order valence-corrected chi connectivity index (χ3v) is 3.44. The maximum atomic E-state index is 12.4. The van der Waals surface area contributed by atoms with E-state index in [0.29, 0.717) is 17.9 Å². The molecular formula is C19H26O6. The molecule has 0 saturated carbocycles. The molecule has 0 aromatic heterocycles. The van der Waals surface area contributed by atoms with Gasteiger partial charge >= 0.3 is 11.9 Å². The molecule has 0 unspecified atom stereocenters. The van der Waals surface area contributed by atoms with Gasteiger partial charge in [-0.05, 0) is 58.7 Å². The van der Waals surface area contributed by atoms with Crippen LogP contribution in [0.1, 0.15) is 46.6 Å². The Labute approximate surface area is 148 Å². The predicted octanol–water partition coefficient (Wildman–Crippen LogP) is 3.26. The first-order valence-electron chi connectivity index (χ1n) is 8.45.